The Morgan fingerprint density at radius 2 is 2.04 bits per heavy atom. The van der Waals surface area contributed by atoms with Crippen molar-refractivity contribution < 1.29 is 13.9 Å². The second-order valence-corrected chi connectivity index (χ2v) is 7.77. The van der Waals surface area contributed by atoms with Gasteiger partial charge in [0.2, 0.25) is 0 Å². The smallest absolute Gasteiger partial charge is 0.123 e. The average molecular weight is 333 g/mol. The number of hydrogen-bond acceptors (Lipinski definition) is 4. The van der Waals surface area contributed by atoms with Crippen LogP contribution in [-0.2, 0) is 15.9 Å². The van der Waals surface area contributed by atoms with Gasteiger partial charge in [-0.15, -0.1) is 0 Å². The maximum atomic E-state index is 6.59. The molecule has 3 aliphatic rings. The summed E-state index contributed by atoms with van der Waals surface area (Å²) in [7, 11) is 0. The van der Waals surface area contributed by atoms with Crippen molar-refractivity contribution >= 4 is 0 Å². The molecule has 4 rings (SSSR count). The van der Waals surface area contributed by atoms with Gasteiger partial charge in [0.05, 0.1) is 31.0 Å². The lowest BCUT2D eigenvalue weighted by atomic mass is 9.83. The molecule has 0 radical (unpaired) electrons. The number of furan rings is 1. The van der Waals surface area contributed by atoms with Gasteiger partial charge >= 0.3 is 0 Å². The molecule has 24 heavy (non-hydrogen) atoms. The summed E-state index contributed by atoms with van der Waals surface area (Å²) in [5.74, 6) is 2.12. The van der Waals surface area contributed by atoms with Gasteiger partial charge in [-0.2, -0.15) is 0 Å². The van der Waals surface area contributed by atoms with E-state index in [-0.39, 0.29) is 11.6 Å². The Hall–Kier alpha value is -0.840. The van der Waals surface area contributed by atoms with Gasteiger partial charge < -0.3 is 13.9 Å². The fourth-order valence-electron chi connectivity index (χ4n) is 4.73. The largest absolute Gasteiger partial charge is 0.464 e. The minimum atomic E-state index is 0.213. The molecule has 0 unspecified atom stereocenters. The first-order valence-corrected chi connectivity index (χ1v) is 9.86. The second-order valence-electron chi connectivity index (χ2n) is 7.77. The van der Waals surface area contributed by atoms with Gasteiger partial charge in [0, 0.05) is 19.5 Å². The normalized spacial score (nSPS) is 30.9. The molecule has 1 saturated carbocycles. The maximum absolute atomic E-state index is 6.59. The molecule has 2 saturated heterocycles. The molecule has 1 aromatic heterocycles. The molecular formula is C20H31NO3. The van der Waals surface area contributed by atoms with Crippen LogP contribution in [0.25, 0.3) is 0 Å². The van der Waals surface area contributed by atoms with E-state index < -0.39 is 0 Å². The van der Waals surface area contributed by atoms with Gasteiger partial charge in [0.15, 0.2) is 0 Å². The van der Waals surface area contributed by atoms with Crippen LogP contribution in [0, 0.1) is 0 Å². The highest BCUT2D eigenvalue weighted by molar-refractivity contribution is 5.12. The third kappa shape index (κ3) is 3.42. The molecule has 2 atom stereocenters. The quantitative estimate of drug-likeness (QED) is 0.831. The molecule has 0 bridgehead atoms. The lowest BCUT2D eigenvalue weighted by Crippen LogP contribution is -2.44. The monoisotopic (exact) mass is 333 g/mol. The number of aryl methyl sites for hydroxylation is 1. The second kappa shape index (κ2) is 7.19. The molecule has 0 amide bonds. The summed E-state index contributed by atoms with van der Waals surface area (Å²) >= 11 is 0. The number of rotatable bonds is 4. The van der Waals surface area contributed by atoms with E-state index in [9.17, 15) is 0 Å². The van der Waals surface area contributed by atoms with E-state index in [1.807, 2.05) is 0 Å². The van der Waals surface area contributed by atoms with Crippen molar-refractivity contribution in [3.05, 3.63) is 23.7 Å². The van der Waals surface area contributed by atoms with Crippen LogP contribution in [-0.4, -0.2) is 42.9 Å². The summed E-state index contributed by atoms with van der Waals surface area (Å²) < 4.78 is 18.3. The van der Waals surface area contributed by atoms with Crippen LogP contribution in [0.2, 0.25) is 0 Å². The van der Waals surface area contributed by atoms with Gasteiger partial charge in [0.25, 0.3) is 0 Å². The summed E-state index contributed by atoms with van der Waals surface area (Å²) in [5.41, 5.74) is 0.213. The number of ether oxygens (including phenoxy) is 2. The van der Waals surface area contributed by atoms with Crippen molar-refractivity contribution in [2.45, 2.75) is 76.0 Å². The predicted molar refractivity (Wildman–Crippen MR) is 93.1 cm³/mol. The van der Waals surface area contributed by atoms with E-state index in [4.69, 9.17) is 13.9 Å². The van der Waals surface area contributed by atoms with E-state index in [0.717, 1.165) is 44.2 Å². The predicted octanol–water partition coefficient (Wildman–Crippen LogP) is 4.10. The Morgan fingerprint density at radius 3 is 2.83 bits per heavy atom. The van der Waals surface area contributed by atoms with Gasteiger partial charge in [-0.1, -0.05) is 26.2 Å². The molecule has 0 aromatic carbocycles. The van der Waals surface area contributed by atoms with Crippen LogP contribution in [0.4, 0.5) is 0 Å². The summed E-state index contributed by atoms with van der Waals surface area (Å²) in [6, 6.07) is 4.47. The molecule has 1 aliphatic carbocycles. The van der Waals surface area contributed by atoms with Gasteiger partial charge in [-0.25, -0.2) is 0 Å². The first kappa shape index (κ1) is 16.6. The number of morpholine rings is 1. The molecule has 1 spiro atoms. The van der Waals surface area contributed by atoms with Crippen LogP contribution >= 0.6 is 0 Å². The topological polar surface area (TPSA) is 34.8 Å². The van der Waals surface area contributed by atoms with Gasteiger partial charge in [-0.3, -0.25) is 4.90 Å². The lowest BCUT2D eigenvalue weighted by Gasteiger charge is -2.37. The van der Waals surface area contributed by atoms with E-state index in [1.165, 1.54) is 44.9 Å². The first-order chi connectivity index (χ1) is 11.8. The van der Waals surface area contributed by atoms with Crippen LogP contribution < -0.4 is 0 Å². The molecule has 134 valence electrons. The Morgan fingerprint density at radius 1 is 1.17 bits per heavy atom. The molecule has 0 N–H and O–H groups in total. The fraction of sp³-hybridized carbons (Fsp3) is 0.800. The number of nitrogens with zero attached hydrogens (tertiary/aromatic N) is 1. The summed E-state index contributed by atoms with van der Waals surface area (Å²) in [4.78, 5) is 2.52. The third-order valence-corrected chi connectivity index (χ3v) is 6.14. The maximum Gasteiger partial charge on any atom is 0.123 e. The Bertz CT molecular complexity index is 535. The van der Waals surface area contributed by atoms with E-state index in [2.05, 4.69) is 24.0 Å². The van der Waals surface area contributed by atoms with E-state index in [1.54, 1.807) is 0 Å². The zero-order valence-electron chi connectivity index (χ0n) is 15.0. The van der Waals surface area contributed by atoms with Crippen molar-refractivity contribution in [2.24, 2.45) is 0 Å². The highest BCUT2D eigenvalue weighted by Crippen LogP contribution is 2.42. The van der Waals surface area contributed by atoms with Gasteiger partial charge in [0.1, 0.15) is 11.5 Å². The first-order valence-electron chi connectivity index (χ1n) is 9.86. The molecule has 4 nitrogen and oxygen atoms in total. The Labute approximate surface area is 145 Å². The summed E-state index contributed by atoms with van der Waals surface area (Å²) in [5, 5.41) is 0. The summed E-state index contributed by atoms with van der Waals surface area (Å²) in [6.07, 6.45) is 10.4. The molecule has 4 heteroatoms. The molecule has 3 heterocycles. The van der Waals surface area contributed by atoms with Gasteiger partial charge in [-0.05, 0) is 37.8 Å². The van der Waals surface area contributed by atoms with E-state index in [0.29, 0.717) is 6.10 Å². The highest BCUT2D eigenvalue weighted by Gasteiger charge is 2.42. The standard InChI is InChI=1S/C20H31NO3/c1-2-16-6-7-19(23-16)18-15-22-13-12-21(18)14-17-8-11-20(24-17)9-4-3-5-10-20/h6-7,17-18H,2-5,8-15H2,1H3/t17-,18+/m0/s1. The zero-order chi connectivity index (χ0) is 16.4. The molecule has 2 aliphatic heterocycles. The SMILES string of the molecule is CCc1ccc([C@H]2COCCN2C[C@@H]2CCC3(CCCCC3)O2)o1. The third-order valence-electron chi connectivity index (χ3n) is 6.14. The van der Waals surface area contributed by atoms with Crippen molar-refractivity contribution in [3.63, 3.8) is 0 Å². The van der Waals surface area contributed by atoms with E-state index >= 15 is 0 Å². The Balaban J connectivity index is 1.40. The molecular weight excluding hydrogens is 302 g/mol. The average Bonchev–Trinajstić information content (AvgIpc) is 3.24. The lowest BCUT2D eigenvalue weighted by molar-refractivity contribution is -0.0900. The van der Waals surface area contributed by atoms with Crippen molar-refractivity contribution in [2.75, 3.05) is 26.3 Å². The number of hydrogen-bond donors (Lipinski definition) is 0. The summed E-state index contributed by atoms with van der Waals surface area (Å²) in [6.45, 7) is 5.66. The minimum absolute atomic E-state index is 0.213. The molecule has 3 fully saturated rings. The Kier molecular flexibility index (Phi) is 4.98. The van der Waals surface area contributed by atoms with Crippen molar-refractivity contribution in [1.82, 2.24) is 4.90 Å². The highest BCUT2D eigenvalue weighted by atomic mass is 16.5. The molecule has 1 aromatic rings. The van der Waals surface area contributed by atoms with Crippen molar-refractivity contribution in [1.29, 1.82) is 0 Å². The minimum Gasteiger partial charge on any atom is -0.464 e. The van der Waals surface area contributed by atoms with Crippen LogP contribution in [0.5, 0.6) is 0 Å². The van der Waals surface area contributed by atoms with Crippen LogP contribution in [0.15, 0.2) is 16.5 Å². The van der Waals surface area contributed by atoms with Crippen LogP contribution in [0.3, 0.4) is 0 Å². The van der Waals surface area contributed by atoms with Crippen LogP contribution in [0.1, 0.15) is 69.4 Å². The fourth-order valence-corrected chi connectivity index (χ4v) is 4.73. The zero-order valence-corrected chi connectivity index (χ0v) is 15.0. The van der Waals surface area contributed by atoms with Crippen molar-refractivity contribution in [3.8, 4) is 0 Å².